The van der Waals surface area contributed by atoms with Gasteiger partial charge >= 0.3 is 0 Å². The zero-order chi connectivity index (χ0) is 8.10. The zero-order valence-electron chi connectivity index (χ0n) is 6.69. The average molecular weight is 187 g/mol. The fourth-order valence-corrected chi connectivity index (χ4v) is 2.63. The van der Waals surface area contributed by atoms with Crippen molar-refractivity contribution < 1.29 is 0 Å². The molecule has 62 valence electrons. The monoisotopic (exact) mass is 187 g/mol. The van der Waals surface area contributed by atoms with Crippen LogP contribution in [0.4, 0.5) is 0 Å². The first-order valence-electron chi connectivity index (χ1n) is 3.63. The molecule has 0 amide bonds. The molecule has 3 heteroatoms. The molecule has 1 heterocycles. The first kappa shape index (κ1) is 9.23. The average Bonchev–Trinajstić information content (AvgIpc) is 2.70. The van der Waals surface area contributed by atoms with Crippen molar-refractivity contribution in [3.05, 3.63) is 24.8 Å². The van der Waals surface area contributed by atoms with Crippen molar-refractivity contribution in [3.63, 3.8) is 0 Å². The first-order chi connectivity index (χ1) is 5.38. The van der Waals surface area contributed by atoms with Gasteiger partial charge in [0.05, 0.1) is 0 Å². The quantitative estimate of drug-likeness (QED) is 0.282. The molecule has 2 atom stereocenters. The van der Waals surface area contributed by atoms with Crippen LogP contribution in [0, 0.1) is 0 Å². The number of hydrogen-bond acceptors (Lipinski definition) is 3. The van der Waals surface area contributed by atoms with Crippen LogP contribution in [0.2, 0.25) is 0 Å². The van der Waals surface area contributed by atoms with Gasteiger partial charge in [0.15, 0.2) is 0 Å². The third-order valence-electron chi connectivity index (χ3n) is 1.51. The highest BCUT2D eigenvalue weighted by atomic mass is 33.1. The molecule has 0 spiro atoms. The van der Waals surface area contributed by atoms with Gasteiger partial charge in [-0.15, -0.1) is 0 Å². The van der Waals surface area contributed by atoms with E-state index < -0.39 is 0 Å². The van der Waals surface area contributed by atoms with E-state index in [1.54, 1.807) is 0 Å². The summed E-state index contributed by atoms with van der Waals surface area (Å²) in [6.45, 7) is 4.87. The molecule has 1 aliphatic heterocycles. The van der Waals surface area contributed by atoms with Gasteiger partial charge in [0.2, 0.25) is 0 Å². The van der Waals surface area contributed by atoms with Crippen LogP contribution in [0.25, 0.3) is 0 Å². The molecule has 1 nitrogen and oxygen atoms in total. The molecular formula is C8H13NS2. The van der Waals surface area contributed by atoms with Gasteiger partial charge in [0.25, 0.3) is 0 Å². The predicted molar refractivity (Wildman–Crippen MR) is 55.6 cm³/mol. The van der Waals surface area contributed by atoms with Crippen LogP contribution in [0.15, 0.2) is 24.8 Å². The molecule has 0 N–H and O–H groups in total. The molecule has 0 bridgehead atoms. The van der Waals surface area contributed by atoms with E-state index in [1.807, 2.05) is 33.9 Å². The normalized spacial score (nSPS) is 29.2. The number of nitrogens with zero attached hydrogens (tertiary/aromatic N) is 1. The smallest absolute Gasteiger partial charge is 0.0382 e. The van der Waals surface area contributed by atoms with E-state index in [0.717, 1.165) is 6.04 Å². The van der Waals surface area contributed by atoms with Crippen LogP contribution < -0.4 is 0 Å². The molecule has 0 saturated carbocycles. The maximum Gasteiger partial charge on any atom is 0.0382 e. The van der Waals surface area contributed by atoms with Gasteiger partial charge in [-0.1, -0.05) is 35.6 Å². The summed E-state index contributed by atoms with van der Waals surface area (Å²) in [5.41, 5.74) is 0. The minimum Gasteiger partial charge on any atom is -0.235 e. The largest absolute Gasteiger partial charge is 0.235 e. The molecule has 0 aromatic heterocycles. The lowest BCUT2D eigenvalue weighted by Crippen LogP contribution is -1.87. The lowest BCUT2D eigenvalue weighted by Gasteiger charge is -1.94. The summed E-state index contributed by atoms with van der Waals surface area (Å²) in [4.78, 5) is 0. The Kier molecular flexibility index (Phi) is 4.12. The summed E-state index contributed by atoms with van der Waals surface area (Å²) in [5.74, 6) is 0. The van der Waals surface area contributed by atoms with E-state index >= 15 is 0 Å². The van der Waals surface area contributed by atoms with E-state index in [2.05, 4.69) is 23.2 Å². The van der Waals surface area contributed by atoms with E-state index in [-0.39, 0.29) is 0 Å². The van der Waals surface area contributed by atoms with Gasteiger partial charge in [-0.25, -0.2) is 4.31 Å². The molecule has 11 heavy (non-hydrogen) atoms. The molecule has 1 rings (SSSR count). The Labute approximate surface area is 76.5 Å². The highest BCUT2D eigenvalue weighted by molar-refractivity contribution is 8.75. The lowest BCUT2D eigenvalue weighted by atomic mass is 10.3. The zero-order valence-corrected chi connectivity index (χ0v) is 8.33. The second-order valence-corrected chi connectivity index (χ2v) is 4.79. The number of allylic oxidation sites excluding steroid dienone is 2. The highest BCUT2D eigenvalue weighted by Crippen LogP contribution is 2.36. The second-order valence-electron chi connectivity index (χ2n) is 2.39. The minimum absolute atomic E-state index is 0.781. The summed E-state index contributed by atoms with van der Waals surface area (Å²) >= 11 is 0. The Balaban J connectivity index is 2.03. The molecule has 1 fully saturated rings. The standard InChI is InChI=1S/C8H13NS2/c1-3-4-5-6-8-7-9(8)11-10-2/h3-5,8H,1,6-7H2,2H3/b5-4-. The fourth-order valence-electron chi connectivity index (χ4n) is 0.872. The molecular weight excluding hydrogens is 174 g/mol. The molecule has 0 aliphatic carbocycles. The van der Waals surface area contributed by atoms with Crippen molar-refractivity contribution in [2.24, 2.45) is 0 Å². The third-order valence-corrected chi connectivity index (χ3v) is 3.32. The summed E-state index contributed by atoms with van der Waals surface area (Å²) in [5, 5.41) is 0. The first-order valence-corrected chi connectivity index (χ1v) is 6.15. The lowest BCUT2D eigenvalue weighted by molar-refractivity contribution is 0.806. The van der Waals surface area contributed by atoms with Gasteiger partial charge in [-0.3, -0.25) is 0 Å². The van der Waals surface area contributed by atoms with Crippen LogP contribution >= 0.6 is 21.8 Å². The Morgan fingerprint density at radius 1 is 1.73 bits per heavy atom. The van der Waals surface area contributed by atoms with Gasteiger partial charge in [0.1, 0.15) is 0 Å². The van der Waals surface area contributed by atoms with Crippen LogP contribution in [-0.4, -0.2) is 23.1 Å². The van der Waals surface area contributed by atoms with Crippen molar-refractivity contribution in [1.29, 1.82) is 0 Å². The van der Waals surface area contributed by atoms with E-state index in [0.29, 0.717) is 0 Å². The van der Waals surface area contributed by atoms with Crippen molar-refractivity contribution in [3.8, 4) is 0 Å². The maximum absolute atomic E-state index is 3.62. The SMILES string of the molecule is C=C/C=C\CC1CN1SSC. The van der Waals surface area contributed by atoms with Crippen molar-refractivity contribution in [1.82, 2.24) is 4.31 Å². The molecule has 2 unspecified atom stereocenters. The van der Waals surface area contributed by atoms with Crippen molar-refractivity contribution in [2.45, 2.75) is 12.5 Å². The summed E-state index contributed by atoms with van der Waals surface area (Å²) in [6.07, 6.45) is 9.30. The Morgan fingerprint density at radius 3 is 3.18 bits per heavy atom. The Morgan fingerprint density at radius 2 is 2.55 bits per heavy atom. The summed E-state index contributed by atoms with van der Waals surface area (Å²) < 4.78 is 2.39. The molecule has 0 aromatic rings. The Bertz CT molecular complexity index is 156. The van der Waals surface area contributed by atoms with Crippen molar-refractivity contribution >= 4 is 21.8 Å². The highest BCUT2D eigenvalue weighted by Gasteiger charge is 2.32. The summed E-state index contributed by atoms with van der Waals surface area (Å²) in [7, 11) is 3.67. The Hall–Kier alpha value is 0.140. The van der Waals surface area contributed by atoms with Crippen LogP contribution in [0.3, 0.4) is 0 Å². The van der Waals surface area contributed by atoms with E-state index in [4.69, 9.17) is 0 Å². The van der Waals surface area contributed by atoms with Gasteiger partial charge < -0.3 is 0 Å². The topological polar surface area (TPSA) is 3.01 Å². The molecule has 1 aliphatic rings. The fraction of sp³-hybridized carbons (Fsp3) is 0.500. The number of rotatable bonds is 5. The van der Waals surface area contributed by atoms with Gasteiger partial charge in [0, 0.05) is 12.6 Å². The van der Waals surface area contributed by atoms with Gasteiger partial charge in [-0.05, 0) is 23.7 Å². The van der Waals surface area contributed by atoms with Crippen molar-refractivity contribution in [2.75, 3.05) is 12.8 Å². The summed E-state index contributed by atoms with van der Waals surface area (Å²) in [6, 6.07) is 0.781. The van der Waals surface area contributed by atoms with E-state index in [9.17, 15) is 0 Å². The third kappa shape index (κ3) is 3.36. The maximum atomic E-state index is 3.62. The molecule has 0 aromatic carbocycles. The van der Waals surface area contributed by atoms with Gasteiger partial charge in [-0.2, -0.15) is 0 Å². The van der Waals surface area contributed by atoms with E-state index in [1.165, 1.54) is 13.0 Å². The molecule has 1 saturated heterocycles. The van der Waals surface area contributed by atoms with Crippen LogP contribution in [0.5, 0.6) is 0 Å². The number of hydrogen-bond donors (Lipinski definition) is 0. The minimum atomic E-state index is 0.781. The molecule has 0 radical (unpaired) electrons. The van der Waals surface area contributed by atoms with Crippen LogP contribution in [-0.2, 0) is 0 Å². The van der Waals surface area contributed by atoms with Crippen LogP contribution in [0.1, 0.15) is 6.42 Å². The second kappa shape index (κ2) is 4.91. The predicted octanol–water partition coefficient (Wildman–Crippen LogP) is 2.73.